The van der Waals surface area contributed by atoms with E-state index in [0.29, 0.717) is 6.07 Å². The van der Waals surface area contributed by atoms with Crippen LogP contribution in [0.15, 0.2) is 59.0 Å². The Hall–Kier alpha value is -3.91. The summed E-state index contributed by atoms with van der Waals surface area (Å²) < 4.78 is 77.3. The van der Waals surface area contributed by atoms with Gasteiger partial charge in [0, 0.05) is 70.8 Å². The maximum absolute atomic E-state index is 15.4. The van der Waals surface area contributed by atoms with E-state index >= 15 is 4.39 Å². The van der Waals surface area contributed by atoms with Gasteiger partial charge in [-0.05, 0) is 38.1 Å². The molecule has 4 heterocycles. The molecule has 1 saturated heterocycles. The monoisotopic (exact) mass is 664 g/mol. The molecule has 45 heavy (non-hydrogen) atoms. The Bertz CT molecular complexity index is 1880. The Balaban J connectivity index is 1.66. The van der Waals surface area contributed by atoms with E-state index in [4.69, 9.17) is 11.6 Å². The summed E-state index contributed by atoms with van der Waals surface area (Å²) >= 11 is 6.98. The maximum Gasteiger partial charge on any atom is 0.417 e. The molecule has 0 aliphatic carbocycles. The summed E-state index contributed by atoms with van der Waals surface area (Å²) in [7, 11) is 0. The van der Waals surface area contributed by atoms with Gasteiger partial charge in [-0.2, -0.15) is 23.3 Å². The fourth-order valence-electron chi connectivity index (χ4n) is 6.28. The number of carbonyl (C=O) groups is 1. The van der Waals surface area contributed by atoms with Crippen molar-refractivity contribution in [1.29, 1.82) is 0 Å². The van der Waals surface area contributed by atoms with Gasteiger partial charge in [-0.1, -0.05) is 18.2 Å². The number of benzene rings is 2. The molecule has 0 saturated carbocycles. The number of hydrogen-bond acceptors (Lipinski definition) is 6. The highest BCUT2D eigenvalue weighted by Gasteiger charge is 2.40. The van der Waals surface area contributed by atoms with Crippen LogP contribution >= 0.6 is 23.4 Å². The number of carbonyl (C=O) groups excluding carboxylic acids is 1. The summed E-state index contributed by atoms with van der Waals surface area (Å²) in [6, 6.07) is 2.59. The fraction of sp³-hybridized carbons (Fsp3) is 0.333. The Morgan fingerprint density at radius 1 is 1.11 bits per heavy atom. The van der Waals surface area contributed by atoms with Gasteiger partial charge < -0.3 is 9.80 Å². The van der Waals surface area contributed by atoms with Crippen molar-refractivity contribution in [3.05, 3.63) is 82.0 Å². The average molecular weight is 665 g/mol. The lowest BCUT2D eigenvalue weighted by Gasteiger charge is -2.44. The second-order valence-electron chi connectivity index (χ2n) is 11.1. The van der Waals surface area contributed by atoms with Crippen LogP contribution < -0.4 is 10.6 Å². The Labute approximate surface area is 263 Å². The molecule has 2 aliphatic heterocycles. The number of amides is 1. The summed E-state index contributed by atoms with van der Waals surface area (Å²) in [5.74, 6) is -2.45. The summed E-state index contributed by atoms with van der Waals surface area (Å²) in [5.41, 5.74) is -2.86. The van der Waals surface area contributed by atoms with Crippen LogP contribution in [0.3, 0.4) is 0 Å². The molecule has 4 aromatic rings. The first-order chi connectivity index (χ1) is 21.3. The third-order valence-electron chi connectivity index (χ3n) is 8.14. The zero-order chi connectivity index (χ0) is 32.4. The van der Waals surface area contributed by atoms with Gasteiger partial charge in [0.15, 0.2) is 0 Å². The quantitative estimate of drug-likeness (QED) is 0.148. The summed E-state index contributed by atoms with van der Waals surface area (Å²) in [5, 5.41) is 3.75. The standard InChI is InChI=1S/C30H26ClF5N6O2S/c1-4-24(43)42-15(2)11-39(12-16(42)3)28-19-8-20(30(34,35)36)25(18-9-21(31)23(33)10-22(18)32)27-26(19)40(29(44)38-28)13-17(14-45-27)41-7-5-6-37-41/h4-10,15-17H,1,11-14H2,2-3H3/t15-,16+,17?. The molecule has 0 radical (unpaired) electrons. The van der Waals surface area contributed by atoms with Gasteiger partial charge in [0.25, 0.3) is 0 Å². The van der Waals surface area contributed by atoms with E-state index in [1.165, 1.54) is 10.6 Å². The zero-order valence-electron chi connectivity index (χ0n) is 24.0. The number of aromatic nitrogens is 4. The molecular formula is C30H26ClF5N6O2S. The van der Waals surface area contributed by atoms with Crippen molar-refractivity contribution in [2.24, 2.45) is 0 Å². The number of nitrogens with zero attached hydrogens (tertiary/aromatic N) is 6. The van der Waals surface area contributed by atoms with Crippen molar-refractivity contribution in [2.45, 2.75) is 49.6 Å². The lowest BCUT2D eigenvalue weighted by molar-refractivity contribution is -0.137. The van der Waals surface area contributed by atoms with Crippen molar-refractivity contribution < 1.29 is 26.7 Å². The molecule has 1 amide bonds. The van der Waals surface area contributed by atoms with Crippen LogP contribution in [0.1, 0.15) is 25.5 Å². The van der Waals surface area contributed by atoms with Crippen LogP contribution in [0.25, 0.3) is 22.0 Å². The average Bonchev–Trinajstić information content (AvgIpc) is 3.43. The molecule has 3 atom stereocenters. The van der Waals surface area contributed by atoms with E-state index < -0.39 is 51.3 Å². The Kier molecular flexibility index (Phi) is 7.92. The first-order valence-electron chi connectivity index (χ1n) is 13.9. The number of anilines is 1. The van der Waals surface area contributed by atoms with E-state index in [0.717, 1.165) is 23.9 Å². The van der Waals surface area contributed by atoms with Crippen LogP contribution in [0, 0.1) is 11.6 Å². The smallest absolute Gasteiger partial charge is 0.352 e. The minimum Gasteiger partial charge on any atom is -0.352 e. The molecule has 236 valence electrons. The normalized spacial score (nSPS) is 20.4. The molecule has 8 nitrogen and oxygen atoms in total. The van der Waals surface area contributed by atoms with E-state index in [1.807, 2.05) is 0 Å². The zero-order valence-corrected chi connectivity index (χ0v) is 25.6. The number of piperazine rings is 1. The van der Waals surface area contributed by atoms with Crippen LogP contribution in [-0.2, 0) is 17.5 Å². The molecule has 15 heteroatoms. The van der Waals surface area contributed by atoms with Gasteiger partial charge in [-0.25, -0.2) is 13.6 Å². The lowest BCUT2D eigenvalue weighted by atomic mass is 9.95. The number of rotatable bonds is 4. The third-order valence-corrected chi connectivity index (χ3v) is 9.67. The molecule has 0 bridgehead atoms. The van der Waals surface area contributed by atoms with E-state index in [-0.39, 0.29) is 65.0 Å². The number of hydrogen-bond donors (Lipinski definition) is 0. The van der Waals surface area contributed by atoms with Crippen molar-refractivity contribution in [2.75, 3.05) is 23.7 Å². The highest BCUT2D eigenvalue weighted by atomic mass is 35.5. The van der Waals surface area contributed by atoms with Gasteiger partial charge in [0.05, 0.1) is 28.7 Å². The van der Waals surface area contributed by atoms with Crippen LogP contribution in [0.5, 0.6) is 0 Å². The molecule has 1 fully saturated rings. The number of thioether (sulfide) groups is 1. The summed E-state index contributed by atoms with van der Waals surface area (Å²) in [4.78, 5) is 33.9. The van der Waals surface area contributed by atoms with Crippen LogP contribution in [0.2, 0.25) is 5.02 Å². The molecule has 2 aromatic heterocycles. The van der Waals surface area contributed by atoms with Gasteiger partial charge in [-0.15, -0.1) is 11.8 Å². The molecule has 0 spiro atoms. The number of halogens is 6. The van der Waals surface area contributed by atoms with Crippen LogP contribution in [-0.4, -0.2) is 61.1 Å². The SMILES string of the molecule is C=CC(=O)N1[C@H](C)CN(c2nc(=O)n3c4c(c(-c5cc(Cl)c(F)cc5F)c(C(F)(F)F)cc24)SCC(n2cccn2)C3)C[C@@H]1C. The second-order valence-corrected chi connectivity index (χ2v) is 12.5. The largest absolute Gasteiger partial charge is 0.417 e. The van der Waals surface area contributed by atoms with Crippen molar-refractivity contribution in [3.8, 4) is 11.1 Å². The summed E-state index contributed by atoms with van der Waals surface area (Å²) in [6.45, 7) is 7.52. The van der Waals surface area contributed by atoms with Crippen molar-refractivity contribution in [1.82, 2.24) is 24.2 Å². The van der Waals surface area contributed by atoms with Gasteiger partial charge >= 0.3 is 11.9 Å². The third kappa shape index (κ3) is 5.37. The topological polar surface area (TPSA) is 76.3 Å². The Morgan fingerprint density at radius 3 is 2.44 bits per heavy atom. The lowest BCUT2D eigenvalue weighted by Crippen LogP contribution is -2.58. The molecule has 2 aromatic carbocycles. The van der Waals surface area contributed by atoms with Crippen LogP contribution in [0.4, 0.5) is 27.8 Å². The molecule has 0 N–H and O–H groups in total. The van der Waals surface area contributed by atoms with Gasteiger partial charge in [0.2, 0.25) is 5.91 Å². The fourth-order valence-corrected chi connectivity index (χ4v) is 7.79. The Morgan fingerprint density at radius 2 is 1.82 bits per heavy atom. The highest BCUT2D eigenvalue weighted by Crippen LogP contribution is 2.50. The van der Waals surface area contributed by atoms with E-state index in [1.54, 1.807) is 46.8 Å². The molecule has 1 unspecified atom stereocenters. The molecular weight excluding hydrogens is 639 g/mol. The molecule has 2 aliphatic rings. The first-order valence-corrected chi connectivity index (χ1v) is 15.3. The van der Waals surface area contributed by atoms with Gasteiger partial charge in [-0.3, -0.25) is 14.0 Å². The molecule has 6 rings (SSSR count). The van der Waals surface area contributed by atoms with E-state index in [2.05, 4.69) is 16.7 Å². The highest BCUT2D eigenvalue weighted by molar-refractivity contribution is 7.99. The second kappa shape index (κ2) is 11.5. The predicted molar refractivity (Wildman–Crippen MR) is 162 cm³/mol. The van der Waals surface area contributed by atoms with Crippen molar-refractivity contribution >= 4 is 46.0 Å². The van der Waals surface area contributed by atoms with E-state index in [9.17, 15) is 27.2 Å². The minimum absolute atomic E-state index is 0.0154. The maximum atomic E-state index is 15.4. The summed E-state index contributed by atoms with van der Waals surface area (Å²) in [6.07, 6.45) is -0.565. The number of alkyl halides is 3. The first kappa shape index (κ1) is 31.1. The van der Waals surface area contributed by atoms with Crippen molar-refractivity contribution in [3.63, 3.8) is 0 Å². The van der Waals surface area contributed by atoms with Gasteiger partial charge in [0.1, 0.15) is 17.5 Å². The predicted octanol–water partition coefficient (Wildman–Crippen LogP) is 6.17. The minimum atomic E-state index is -4.99.